The van der Waals surface area contributed by atoms with Crippen LogP contribution in [0.25, 0.3) is 22.2 Å². The van der Waals surface area contributed by atoms with Gasteiger partial charge in [-0.25, -0.2) is 24.0 Å². The number of carbonyl (C=O) groups excluding carboxylic acids is 1. The average Bonchev–Trinajstić information content (AvgIpc) is 3.59. The van der Waals surface area contributed by atoms with Gasteiger partial charge in [0.05, 0.1) is 10.6 Å². The summed E-state index contributed by atoms with van der Waals surface area (Å²) in [6.07, 6.45) is 6.79. The van der Waals surface area contributed by atoms with Crippen LogP contribution in [0.1, 0.15) is 16.2 Å². The van der Waals surface area contributed by atoms with Gasteiger partial charge in [0.15, 0.2) is 5.82 Å². The Hall–Kier alpha value is -4.18. The van der Waals surface area contributed by atoms with Gasteiger partial charge in [0.2, 0.25) is 5.82 Å². The summed E-state index contributed by atoms with van der Waals surface area (Å²) in [6.45, 7) is 0.280. The van der Waals surface area contributed by atoms with Crippen molar-refractivity contribution in [2.45, 2.75) is 6.54 Å². The van der Waals surface area contributed by atoms with Gasteiger partial charge < -0.3 is 5.32 Å². The second-order valence-electron chi connectivity index (χ2n) is 6.80. The number of rotatable bonds is 6. The number of thiophene rings is 1. The van der Waals surface area contributed by atoms with Gasteiger partial charge in [-0.05, 0) is 53.4 Å². The number of hydrogen-bond acceptors (Lipinski definition) is 6. The fourth-order valence-electron chi connectivity index (χ4n) is 3.10. The lowest BCUT2D eigenvalue weighted by Gasteiger charge is -2.06. The van der Waals surface area contributed by atoms with Crippen LogP contribution in [-0.4, -0.2) is 35.2 Å². The van der Waals surface area contributed by atoms with Crippen molar-refractivity contribution in [1.82, 2.24) is 34.6 Å². The predicted octanol–water partition coefficient (Wildman–Crippen LogP) is 3.65. The normalized spacial score (nSPS) is 10.9. The number of nitrogens with one attached hydrogen (secondary N) is 1. The molecule has 0 atom stereocenters. The Balaban J connectivity index is 1.39. The molecule has 0 fully saturated rings. The summed E-state index contributed by atoms with van der Waals surface area (Å²) in [5.41, 5.74) is 1.48. The van der Waals surface area contributed by atoms with Crippen molar-refractivity contribution in [2.24, 2.45) is 0 Å². The Kier molecular flexibility index (Phi) is 5.26. The smallest absolute Gasteiger partial charge is 0.291 e. The van der Waals surface area contributed by atoms with Gasteiger partial charge in [-0.1, -0.05) is 6.07 Å². The summed E-state index contributed by atoms with van der Waals surface area (Å²) in [4.78, 5) is 26.4. The van der Waals surface area contributed by atoms with E-state index in [0.717, 1.165) is 10.4 Å². The van der Waals surface area contributed by atoms with E-state index in [4.69, 9.17) is 0 Å². The molecule has 32 heavy (non-hydrogen) atoms. The number of pyridine rings is 1. The second-order valence-corrected chi connectivity index (χ2v) is 7.75. The first-order chi connectivity index (χ1) is 15.7. The number of aromatic nitrogens is 6. The van der Waals surface area contributed by atoms with E-state index < -0.39 is 5.91 Å². The third-order valence-electron chi connectivity index (χ3n) is 4.65. The van der Waals surface area contributed by atoms with E-state index in [0.29, 0.717) is 17.3 Å². The fraction of sp³-hybridized carbons (Fsp3) is 0.0455. The monoisotopic (exact) mass is 445 g/mol. The minimum absolute atomic E-state index is 0.0293. The maximum Gasteiger partial charge on any atom is 0.291 e. The van der Waals surface area contributed by atoms with Crippen LogP contribution in [0.15, 0.2) is 78.8 Å². The molecule has 0 unspecified atom stereocenters. The first kappa shape index (κ1) is 19.8. The third-order valence-corrected chi connectivity index (χ3v) is 5.52. The highest BCUT2D eigenvalue weighted by Crippen LogP contribution is 2.25. The molecule has 0 aliphatic rings. The number of halogens is 1. The Morgan fingerprint density at radius 3 is 2.75 bits per heavy atom. The second kappa shape index (κ2) is 8.52. The molecule has 4 aromatic heterocycles. The highest BCUT2D eigenvalue weighted by molar-refractivity contribution is 7.13. The van der Waals surface area contributed by atoms with Gasteiger partial charge in [0.1, 0.15) is 18.0 Å². The number of imidazole rings is 1. The van der Waals surface area contributed by atoms with Crippen molar-refractivity contribution in [1.29, 1.82) is 0 Å². The van der Waals surface area contributed by atoms with Crippen molar-refractivity contribution in [2.75, 3.05) is 0 Å². The molecule has 0 saturated carbocycles. The van der Waals surface area contributed by atoms with Crippen molar-refractivity contribution in [3.8, 4) is 22.2 Å². The number of hydrogen-bond donors (Lipinski definition) is 1. The van der Waals surface area contributed by atoms with Crippen LogP contribution < -0.4 is 5.32 Å². The standard InChI is InChI=1S/C22H16FN7OS/c23-16-3-5-17(6-4-16)30-21(18-2-1-11-32-18)27-20(28-30)22(31)26-13-15-7-8-25-19(12-15)29-10-9-24-14-29/h1-12,14H,13H2,(H,26,31). The highest BCUT2D eigenvalue weighted by Gasteiger charge is 2.19. The molecule has 0 aliphatic heterocycles. The number of nitrogens with zero attached hydrogens (tertiary/aromatic N) is 6. The van der Waals surface area contributed by atoms with Gasteiger partial charge in [-0.2, -0.15) is 0 Å². The van der Waals surface area contributed by atoms with Crippen LogP contribution >= 0.6 is 11.3 Å². The molecule has 1 amide bonds. The maximum absolute atomic E-state index is 13.4. The van der Waals surface area contributed by atoms with Crippen LogP contribution in [-0.2, 0) is 6.54 Å². The molecule has 1 N–H and O–H groups in total. The van der Waals surface area contributed by atoms with E-state index >= 15 is 0 Å². The molecular weight excluding hydrogens is 429 g/mol. The van der Waals surface area contributed by atoms with Crippen LogP contribution in [0.3, 0.4) is 0 Å². The van der Waals surface area contributed by atoms with Crippen molar-refractivity contribution >= 4 is 17.2 Å². The summed E-state index contributed by atoms with van der Waals surface area (Å²) in [7, 11) is 0. The van der Waals surface area contributed by atoms with Gasteiger partial charge in [0.25, 0.3) is 5.91 Å². The van der Waals surface area contributed by atoms with Crippen LogP contribution in [0.2, 0.25) is 0 Å². The van der Waals surface area contributed by atoms with Crippen LogP contribution in [0.4, 0.5) is 4.39 Å². The number of carbonyl (C=O) groups is 1. The Morgan fingerprint density at radius 1 is 1.12 bits per heavy atom. The zero-order chi connectivity index (χ0) is 21.9. The highest BCUT2D eigenvalue weighted by atomic mass is 32.1. The zero-order valence-electron chi connectivity index (χ0n) is 16.6. The van der Waals surface area contributed by atoms with Crippen LogP contribution in [0, 0.1) is 5.82 Å². The Labute approximate surface area is 186 Å². The molecule has 0 spiro atoms. The Morgan fingerprint density at radius 2 is 2.00 bits per heavy atom. The number of benzene rings is 1. The van der Waals surface area contributed by atoms with Gasteiger partial charge in [-0.3, -0.25) is 9.36 Å². The Bertz CT molecular complexity index is 1350. The topological polar surface area (TPSA) is 90.5 Å². The van der Waals surface area contributed by atoms with Crippen LogP contribution in [0.5, 0.6) is 0 Å². The maximum atomic E-state index is 13.4. The van der Waals surface area contributed by atoms with Gasteiger partial charge in [-0.15, -0.1) is 16.4 Å². The van der Waals surface area contributed by atoms with E-state index in [1.165, 1.54) is 23.5 Å². The molecule has 5 aromatic rings. The molecule has 4 heterocycles. The molecule has 10 heteroatoms. The zero-order valence-corrected chi connectivity index (χ0v) is 17.4. The molecule has 8 nitrogen and oxygen atoms in total. The lowest BCUT2D eigenvalue weighted by molar-refractivity contribution is 0.0940. The summed E-state index contributed by atoms with van der Waals surface area (Å²) in [6, 6.07) is 13.4. The molecule has 0 bridgehead atoms. The molecule has 0 saturated heterocycles. The summed E-state index contributed by atoms with van der Waals surface area (Å²) >= 11 is 1.48. The SMILES string of the molecule is O=C(NCc1ccnc(-n2ccnc2)c1)c1nc(-c2cccs2)n(-c2ccc(F)cc2)n1. The minimum atomic E-state index is -0.412. The van der Waals surface area contributed by atoms with Gasteiger partial charge in [0, 0.05) is 25.1 Å². The lowest BCUT2D eigenvalue weighted by atomic mass is 10.2. The molecule has 5 rings (SSSR count). The summed E-state index contributed by atoms with van der Waals surface area (Å²) in [5.74, 6) is 0.485. The van der Waals surface area contributed by atoms with Gasteiger partial charge >= 0.3 is 0 Å². The van der Waals surface area contributed by atoms with E-state index in [2.05, 4.69) is 25.4 Å². The molecule has 0 radical (unpaired) electrons. The van der Waals surface area contributed by atoms with E-state index in [1.54, 1.807) is 46.3 Å². The van der Waals surface area contributed by atoms with E-state index in [-0.39, 0.29) is 18.2 Å². The fourth-order valence-corrected chi connectivity index (χ4v) is 3.80. The van der Waals surface area contributed by atoms with Crippen molar-refractivity contribution in [3.63, 3.8) is 0 Å². The first-order valence-electron chi connectivity index (χ1n) is 9.66. The van der Waals surface area contributed by atoms with Crippen molar-refractivity contribution < 1.29 is 9.18 Å². The predicted molar refractivity (Wildman–Crippen MR) is 117 cm³/mol. The molecule has 158 valence electrons. The molecular formula is C22H16FN7OS. The quantitative estimate of drug-likeness (QED) is 0.431. The molecule has 1 aromatic carbocycles. The summed E-state index contributed by atoms with van der Waals surface area (Å²) < 4.78 is 16.7. The molecule has 0 aliphatic carbocycles. The van der Waals surface area contributed by atoms with E-state index in [1.807, 2.05) is 29.6 Å². The largest absolute Gasteiger partial charge is 0.345 e. The van der Waals surface area contributed by atoms with Crippen molar-refractivity contribution in [3.05, 3.63) is 96.0 Å². The first-order valence-corrected chi connectivity index (χ1v) is 10.5. The number of amides is 1. The lowest BCUT2D eigenvalue weighted by Crippen LogP contribution is -2.24. The van der Waals surface area contributed by atoms with E-state index in [9.17, 15) is 9.18 Å². The summed E-state index contributed by atoms with van der Waals surface area (Å²) in [5, 5.41) is 9.15. The average molecular weight is 445 g/mol. The third kappa shape index (κ3) is 4.03. The minimum Gasteiger partial charge on any atom is -0.345 e.